The highest BCUT2D eigenvalue weighted by molar-refractivity contribution is 5.70. The van der Waals surface area contributed by atoms with E-state index in [0.717, 1.165) is 118 Å². The third kappa shape index (κ3) is 23.7. The van der Waals surface area contributed by atoms with Crippen molar-refractivity contribution < 1.29 is 58.1 Å². The van der Waals surface area contributed by atoms with Crippen molar-refractivity contribution in [2.45, 2.75) is 96.3 Å². The van der Waals surface area contributed by atoms with Crippen LogP contribution in [0.5, 0.6) is 17.2 Å². The van der Waals surface area contributed by atoms with E-state index < -0.39 is 11.6 Å². The number of unbranched alkanes of at least 4 members (excludes halogenated alkanes) is 9. The number of benzene rings is 12. The summed E-state index contributed by atoms with van der Waals surface area (Å²) in [6.07, 6.45) is 13.7. The number of aryl methyl sites for hydroxylation is 3. The van der Waals surface area contributed by atoms with Crippen molar-refractivity contribution in [2.24, 2.45) is 0 Å². The second-order valence-electron chi connectivity index (χ2n) is 25.8. The van der Waals surface area contributed by atoms with E-state index in [-0.39, 0.29) is 46.5 Å². The second kappa shape index (κ2) is 40.0. The second-order valence-corrected chi connectivity index (χ2v) is 25.8. The van der Waals surface area contributed by atoms with Gasteiger partial charge in [-0.05, 0) is 235 Å². The molecule has 0 N–H and O–H groups in total. The van der Waals surface area contributed by atoms with Gasteiger partial charge in [-0.25, -0.2) is 43.9 Å². The minimum Gasteiger partial charge on any atom is -0.493 e. The minimum atomic E-state index is -0.434. The van der Waals surface area contributed by atoms with Gasteiger partial charge in [-0.2, -0.15) is 10.5 Å². The zero-order chi connectivity index (χ0) is 75.3. The molecule has 0 atom stereocenters. The minimum absolute atomic E-state index is 0.235. The molecule has 544 valence electrons. The first-order valence-electron chi connectivity index (χ1n) is 35.7. The van der Waals surface area contributed by atoms with Crippen LogP contribution in [0, 0.1) is 80.8 Å². The molecule has 0 saturated heterocycles. The maximum atomic E-state index is 14.6. The quantitative estimate of drug-likeness (QED) is 0.0331. The van der Waals surface area contributed by atoms with Crippen LogP contribution in [0.25, 0.3) is 66.8 Å². The van der Waals surface area contributed by atoms with Crippen LogP contribution in [0.15, 0.2) is 255 Å². The highest BCUT2D eigenvalue weighted by Crippen LogP contribution is 2.33. The summed E-state index contributed by atoms with van der Waals surface area (Å²) in [7, 11) is 0. The predicted molar refractivity (Wildman–Crippen MR) is 403 cm³/mol. The highest BCUT2D eigenvalue weighted by atomic mass is 19.2. The molecule has 0 unspecified atom stereocenters. The Balaban J connectivity index is 0.000000172. The molecule has 0 spiro atoms. The molecule has 15 heteroatoms. The van der Waals surface area contributed by atoms with Crippen molar-refractivity contribution in [1.29, 1.82) is 10.5 Å². The summed E-state index contributed by atoms with van der Waals surface area (Å²) in [4.78, 5) is 0. The Morgan fingerprint density at radius 1 is 0.215 bits per heavy atom. The zero-order valence-electron chi connectivity index (χ0n) is 58.9. The van der Waals surface area contributed by atoms with Crippen molar-refractivity contribution in [3.63, 3.8) is 0 Å². The summed E-state index contributed by atoms with van der Waals surface area (Å²) < 4.78 is 156. The van der Waals surface area contributed by atoms with Gasteiger partial charge in [-0.3, -0.25) is 0 Å². The SMILES string of the molecule is Fc1ccc(-c2ccc(CCCCCCOc3ccc(-c4ccc(F)cc4)c(F)c3)cc2F)cc1.Fc1ccc(-c2ccc(CCCCOc3ccc(-c4ccc(F)cc4)c(F)c3)cc2F)cc1.N#Cc1ccc(-c2ccc(CCCCCCCCOc3ccc(-c4ccc(C#N)cc4)c(F)c3)cc2F)cc1. The first kappa shape index (κ1) is 77.9. The van der Waals surface area contributed by atoms with Crippen LogP contribution in [0.2, 0.25) is 0 Å². The van der Waals surface area contributed by atoms with E-state index in [1.165, 1.54) is 84.9 Å². The molecule has 0 bridgehead atoms. The molecule has 0 heterocycles. The zero-order valence-corrected chi connectivity index (χ0v) is 58.9. The summed E-state index contributed by atoms with van der Waals surface area (Å²) in [6.45, 7) is 1.43. The Morgan fingerprint density at radius 2 is 0.421 bits per heavy atom. The van der Waals surface area contributed by atoms with E-state index in [9.17, 15) is 43.9 Å². The number of nitriles is 2. The van der Waals surface area contributed by atoms with Gasteiger partial charge >= 0.3 is 0 Å². The maximum Gasteiger partial charge on any atom is 0.134 e. The van der Waals surface area contributed by atoms with E-state index in [4.69, 9.17) is 24.7 Å². The molecule has 0 aromatic heterocycles. The van der Waals surface area contributed by atoms with Gasteiger partial charge in [0.05, 0.1) is 43.1 Å². The lowest BCUT2D eigenvalue weighted by Gasteiger charge is -2.10. The summed E-state index contributed by atoms with van der Waals surface area (Å²) in [5.41, 5.74) is 10.6. The molecule has 0 aliphatic rings. The van der Waals surface area contributed by atoms with E-state index in [2.05, 4.69) is 12.1 Å². The smallest absolute Gasteiger partial charge is 0.134 e. The first-order valence-corrected chi connectivity index (χ1v) is 35.7. The fourth-order valence-electron chi connectivity index (χ4n) is 12.2. The lowest BCUT2D eigenvalue weighted by molar-refractivity contribution is 0.303. The van der Waals surface area contributed by atoms with Crippen molar-refractivity contribution in [3.05, 3.63) is 341 Å². The van der Waals surface area contributed by atoms with Crippen LogP contribution in [0.3, 0.4) is 0 Å². The van der Waals surface area contributed by atoms with Crippen LogP contribution < -0.4 is 14.2 Å². The lowest BCUT2D eigenvalue weighted by atomic mass is 9.99. The Hall–Kier alpha value is -11.7. The van der Waals surface area contributed by atoms with Crippen LogP contribution in [0.1, 0.15) is 105 Å². The molecule has 0 amide bonds. The standard InChI is InChI=1S/C34H30F2N2O.C30H26F4O.C28H22F4O/c35-33-21-25(12-18-31(33)28-13-8-26(23-37)9-14-28)7-5-3-1-2-4-6-20-39-30-17-19-32(34(36)22-30)29-15-10-27(24-38)11-16-29;31-24-11-7-22(8-12-24)27-16-6-21(19-29(27)33)5-3-1-2-4-18-35-26-15-17-28(30(34)20-26)23-9-13-25(32)14-10-23;29-22-9-5-20(6-10-22)25-14-4-19(17-27(25)31)3-1-2-16-33-24-13-15-26(28(32)18-24)21-7-11-23(30)12-8-21/h8-19,21-22H,1-7,20H2;6-17,19-20H,1-5,18H2;4-15,17-18H,1-3,16H2. The third-order valence-corrected chi connectivity index (χ3v) is 18.1. The molecular weight excluding hydrogens is 1370 g/mol. The average Bonchev–Trinajstić information content (AvgIpc) is 0.863. The number of ether oxygens (including phenoxy) is 3. The summed E-state index contributed by atoms with van der Waals surface area (Å²) in [5.74, 6) is -2.10. The number of halogens is 10. The molecule has 12 rings (SSSR count). The molecule has 0 aliphatic heterocycles. The summed E-state index contributed by atoms with van der Waals surface area (Å²) in [6, 6.07) is 70.7. The van der Waals surface area contributed by atoms with Crippen LogP contribution in [-0.2, 0) is 19.3 Å². The molecular formula is C92H78F10N2O3. The highest BCUT2D eigenvalue weighted by Gasteiger charge is 2.14. The number of rotatable bonds is 30. The molecule has 0 aliphatic carbocycles. The van der Waals surface area contributed by atoms with Crippen LogP contribution in [0.4, 0.5) is 43.9 Å². The van der Waals surface area contributed by atoms with E-state index in [1.54, 1.807) is 146 Å². The van der Waals surface area contributed by atoms with E-state index >= 15 is 0 Å². The topological polar surface area (TPSA) is 75.3 Å². The van der Waals surface area contributed by atoms with Gasteiger partial charge in [0.15, 0.2) is 0 Å². The molecule has 0 radical (unpaired) electrons. The Morgan fingerprint density at radius 3 is 0.664 bits per heavy atom. The Kier molecular flexibility index (Phi) is 29.1. The monoisotopic (exact) mass is 1450 g/mol. The van der Waals surface area contributed by atoms with Crippen LogP contribution >= 0.6 is 0 Å². The van der Waals surface area contributed by atoms with Gasteiger partial charge < -0.3 is 14.2 Å². The number of hydrogen-bond acceptors (Lipinski definition) is 5. The van der Waals surface area contributed by atoms with Gasteiger partial charge in [0.2, 0.25) is 0 Å². The van der Waals surface area contributed by atoms with E-state index in [1.807, 2.05) is 24.3 Å². The summed E-state index contributed by atoms with van der Waals surface area (Å²) >= 11 is 0. The molecule has 12 aromatic rings. The summed E-state index contributed by atoms with van der Waals surface area (Å²) in [5, 5.41) is 17.8. The fourth-order valence-corrected chi connectivity index (χ4v) is 12.2. The average molecular weight is 1450 g/mol. The van der Waals surface area contributed by atoms with E-state index in [0.29, 0.717) is 110 Å². The van der Waals surface area contributed by atoms with Crippen molar-refractivity contribution in [3.8, 4) is 96.1 Å². The predicted octanol–water partition coefficient (Wildman–Crippen LogP) is 25.7. The fraction of sp³-hybridized carbons (Fsp3) is 0.196. The van der Waals surface area contributed by atoms with Crippen molar-refractivity contribution >= 4 is 0 Å². The van der Waals surface area contributed by atoms with Crippen molar-refractivity contribution in [2.75, 3.05) is 19.8 Å². The first-order chi connectivity index (χ1) is 52.0. The van der Waals surface area contributed by atoms with Gasteiger partial charge in [0.1, 0.15) is 75.4 Å². The molecule has 107 heavy (non-hydrogen) atoms. The van der Waals surface area contributed by atoms with Gasteiger partial charge in [-0.1, -0.05) is 148 Å². The third-order valence-electron chi connectivity index (χ3n) is 18.1. The Bertz CT molecular complexity index is 4620. The van der Waals surface area contributed by atoms with Crippen molar-refractivity contribution in [1.82, 2.24) is 0 Å². The molecule has 12 aromatic carbocycles. The largest absolute Gasteiger partial charge is 0.493 e. The molecule has 0 fully saturated rings. The maximum absolute atomic E-state index is 14.6. The van der Waals surface area contributed by atoms with Gasteiger partial charge in [0.25, 0.3) is 0 Å². The van der Waals surface area contributed by atoms with Gasteiger partial charge in [-0.15, -0.1) is 0 Å². The van der Waals surface area contributed by atoms with Gasteiger partial charge in [0, 0.05) is 51.6 Å². The Labute approximate surface area is 618 Å². The number of nitrogens with zero attached hydrogens (tertiary/aromatic N) is 2. The molecule has 0 saturated carbocycles. The van der Waals surface area contributed by atoms with Crippen LogP contribution in [-0.4, -0.2) is 19.8 Å². The lowest BCUT2D eigenvalue weighted by Crippen LogP contribution is -1.99. The molecule has 5 nitrogen and oxygen atoms in total. The number of hydrogen-bond donors (Lipinski definition) is 0. The normalized spacial score (nSPS) is 10.8.